The Bertz CT molecular complexity index is 712. The maximum Gasteiger partial charge on any atom is 0.360 e. The number of aromatic nitrogens is 1. The molecule has 0 bridgehead atoms. The highest BCUT2D eigenvalue weighted by atomic mass is 79.9. The van der Waals surface area contributed by atoms with Crippen molar-refractivity contribution in [1.29, 1.82) is 0 Å². The molecule has 2 rings (SSSR count). The molecule has 1 heterocycles. The minimum absolute atomic E-state index is 0.0736. The SMILES string of the molecule is COC(=O)c1coc(CN(C(=O)Nc2ccc(Br)cc2)C(C)C)n1. The van der Waals surface area contributed by atoms with Crippen LogP contribution in [0.5, 0.6) is 0 Å². The number of hydrogen-bond acceptors (Lipinski definition) is 5. The van der Waals surface area contributed by atoms with Crippen LogP contribution < -0.4 is 5.32 Å². The Labute approximate surface area is 148 Å². The van der Waals surface area contributed by atoms with Crippen LogP contribution in [0, 0.1) is 0 Å². The molecule has 0 spiro atoms. The summed E-state index contributed by atoms with van der Waals surface area (Å²) in [4.78, 5) is 29.5. The normalized spacial score (nSPS) is 10.5. The Kier molecular flexibility index (Phi) is 5.97. The Morgan fingerprint density at radius 2 is 2.00 bits per heavy atom. The van der Waals surface area contributed by atoms with Gasteiger partial charge in [0.05, 0.1) is 13.7 Å². The van der Waals surface area contributed by atoms with Crippen molar-refractivity contribution in [3.8, 4) is 0 Å². The molecule has 1 aromatic heterocycles. The second-order valence-electron chi connectivity index (χ2n) is 5.28. The Morgan fingerprint density at radius 1 is 1.33 bits per heavy atom. The summed E-state index contributed by atoms with van der Waals surface area (Å²) in [5.74, 6) is -0.324. The highest BCUT2D eigenvalue weighted by molar-refractivity contribution is 9.10. The van der Waals surface area contributed by atoms with E-state index in [9.17, 15) is 9.59 Å². The largest absolute Gasteiger partial charge is 0.464 e. The van der Waals surface area contributed by atoms with E-state index in [4.69, 9.17) is 4.42 Å². The van der Waals surface area contributed by atoms with Crippen molar-refractivity contribution in [2.24, 2.45) is 0 Å². The lowest BCUT2D eigenvalue weighted by molar-refractivity contribution is 0.0594. The van der Waals surface area contributed by atoms with Gasteiger partial charge in [0.15, 0.2) is 5.69 Å². The van der Waals surface area contributed by atoms with Gasteiger partial charge >= 0.3 is 12.0 Å². The number of nitrogens with one attached hydrogen (secondary N) is 1. The monoisotopic (exact) mass is 395 g/mol. The second-order valence-corrected chi connectivity index (χ2v) is 6.19. The van der Waals surface area contributed by atoms with Crippen LogP contribution in [0.3, 0.4) is 0 Å². The molecule has 24 heavy (non-hydrogen) atoms. The van der Waals surface area contributed by atoms with E-state index in [1.54, 1.807) is 17.0 Å². The summed E-state index contributed by atoms with van der Waals surface area (Å²) in [6.45, 7) is 3.90. The molecule has 0 radical (unpaired) electrons. The molecule has 0 aliphatic rings. The van der Waals surface area contributed by atoms with Crippen LogP contribution in [0.15, 0.2) is 39.4 Å². The highest BCUT2D eigenvalue weighted by Gasteiger charge is 2.21. The summed E-state index contributed by atoms with van der Waals surface area (Å²) >= 11 is 3.35. The molecule has 0 unspecified atom stereocenters. The molecule has 2 aromatic rings. The first-order chi connectivity index (χ1) is 11.4. The van der Waals surface area contributed by atoms with Crippen molar-refractivity contribution in [1.82, 2.24) is 9.88 Å². The van der Waals surface area contributed by atoms with Gasteiger partial charge in [-0.2, -0.15) is 0 Å². The van der Waals surface area contributed by atoms with Crippen molar-refractivity contribution in [2.45, 2.75) is 26.4 Å². The van der Waals surface area contributed by atoms with Crippen LogP contribution in [0.4, 0.5) is 10.5 Å². The molecule has 0 aliphatic heterocycles. The fraction of sp³-hybridized carbons (Fsp3) is 0.312. The number of benzene rings is 1. The number of halogens is 1. The number of anilines is 1. The van der Waals surface area contributed by atoms with Gasteiger partial charge in [0.1, 0.15) is 6.26 Å². The number of carbonyl (C=O) groups excluding carboxylic acids is 2. The predicted molar refractivity (Wildman–Crippen MR) is 91.7 cm³/mol. The van der Waals surface area contributed by atoms with Gasteiger partial charge in [-0.3, -0.25) is 0 Å². The summed E-state index contributed by atoms with van der Waals surface area (Å²) in [7, 11) is 1.27. The lowest BCUT2D eigenvalue weighted by atomic mass is 10.3. The fourth-order valence-electron chi connectivity index (χ4n) is 1.94. The fourth-order valence-corrected chi connectivity index (χ4v) is 2.21. The van der Waals surface area contributed by atoms with Gasteiger partial charge in [-0.05, 0) is 38.1 Å². The molecule has 1 aromatic carbocycles. The number of urea groups is 1. The summed E-state index contributed by atoms with van der Waals surface area (Å²) < 4.78 is 10.8. The molecule has 128 valence electrons. The van der Waals surface area contributed by atoms with E-state index in [2.05, 4.69) is 31.0 Å². The van der Waals surface area contributed by atoms with Crippen LogP contribution in [0.25, 0.3) is 0 Å². The van der Waals surface area contributed by atoms with E-state index in [-0.39, 0.29) is 30.2 Å². The van der Waals surface area contributed by atoms with E-state index < -0.39 is 5.97 Å². The number of methoxy groups -OCH3 is 1. The molecule has 0 saturated heterocycles. The zero-order chi connectivity index (χ0) is 17.7. The van der Waals surface area contributed by atoms with Crippen molar-refractivity contribution < 1.29 is 18.7 Å². The van der Waals surface area contributed by atoms with Crippen LogP contribution >= 0.6 is 15.9 Å². The standard InChI is InChI=1S/C16H18BrN3O4/c1-10(2)20(8-14-19-13(9-24-14)15(21)23-3)16(22)18-12-6-4-11(17)5-7-12/h4-7,9-10H,8H2,1-3H3,(H,18,22). The van der Waals surface area contributed by atoms with Crippen LogP contribution in [-0.2, 0) is 11.3 Å². The third-order valence-corrected chi connectivity index (χ3v) is 3.76. The number of nitrogens with zero attached hydrogens (tertiary/aromatic N) is 2. The molecule has 7 nitrogen and oxygen atoms in total. The molecule has 0 fully saturated rings. The lowest BCUT2D eigenvalue weighted by Crippen LogP contribution is -2.39. The number of amides is 2. The first kappa shape index (κ1) is 18.0. The smallest absolute Gasteiger partial charge is 0.360 e. The average Bonchev–Trinajstić information content (AvgIpc) is 3.02. The minimum Gasteiger partial charge on any atom is -0.464 e. The van der Waals surface area contributed by atoms with E-state index in [0.717, 1.165) is 4.47 Å². The van der Waals surface area contributed by atoms with E-state index in [1.165, 1.54) is 13.4 Å². The number of rotatable bonds is 5. The molecule has 8 heteroatoms. The predicted octanol–water partition coefficient (Wildman–Crippen LogP) is 3.67. The maximum atomic E-state index is 12.5. The molecule has 2 amide bonds. The quantitative estimate of drug-likeness (QED) is 0.780. The van der Waals surface area contributed by atoms with Gasteiger partial charge in [-0.15, -0.1) is 0 Å². The minimum atomic E-state index is -0.583. The van der Waals surface area contributed by atoms with Gasteiger partial charge in [-0.1, -0.05) is 15.9 Å². The lowest BCUT2D eigenvalue weighted by Gasteiger charge is -2.25. The first-order valence-corrected chi connectivity index (χ1v) is 8.06. The topological polar surface area (TPSA) is 84.7 Å². The van der Waals surface area contributed by atoms with Crippen LogP contribution in [-0.4, -0.2) is 35.0 Å². The van der Waals surface area contributed by atoms with E-state index in [0.29, 0.717) is 5.69 Å². The second kappa shape index (κ2) is 7.96. The van der Waals surface area contributed by atoms with E-state index in [1.807, 2.05) is 26.0 Å². The summed E-state index contributed by atoms with van der Waals surface area (Å²) in [6.07, 6.45) is 1.21. The Balaban J connectivity index is 2.08. The van der Waals surface area contributed by atoms with Gasteiger partial charge in [0, 0.05) is 16.2 Å². The highest BCUT2D eigenvalue weighted by Crippen LogP contribution is 2.16. The van der Waals surface area contributed by atoms with Crippen molar-refractivity contribution in [3.63, 3.8) is 0 Å². The van der Waals surface area contributed by atoms with Gasteiger partial charge in [0.25, 0.3) is 0 Å². The summed E-state index contributed by atoms with van der Waals surface area (Å²) in [5, 5.41) is 2.82. The Morgan fingerprint density at radius 3 is 2.58 bits per heavy atom. The molecule has 0 saturated carbocycles. The molecule has 0 atom stereocenters. The van der Waals surface area contributed by atoms with Crippen molar-refractivity contribution in [3.05, 3.63) is 46.6 Å². The number of hydrogen-bond donors (Lipinski definition) is 1. The molecule has 0 aliphatic carbocycles. The third-order valence-electron chi connectivity index (χ3n) is 3.23. The maximum absolute atomic E-state index is 12.5. The average molecular weight is 396 g/mol. The Hall–Kier alpha value is -2.35. The van der Waals surface area contributed by atoms with Crippen molar-refractivity contribution in [2.75, 3.05) is 12.4 Å². The first-order valence-electron chi connectivity index (χ1n) is 7.26. The zero-order valence-corrected chi connectivity index (χ0v) is 15.2. The number of esters is 1. The molecular formula is C16H18BrN3O4. The third kappa shape index (κ3) is 4.58. The van der Waals surface area contributed by atoms with Gasteiger partial charge in [-0.25, -0.2) is 14.6 Å². The van der Waals surface area contributed by atoms with Crippen LogP contribution in [0.2, 0.25) is 0 Å². The van der Waals surface area contributed by atoms with Crippen LogP contribution in [0.1, 0.15) is 30.2 Å². The van der Waals surface area contributed by atoms with Gasteiger partial charge in [0.2, 0.25) is 5.89 Å². The summed E-state index contributed by atoms with van der Waals surface area (Å²) in [5.41, 5.74) is 0.751. The zero-order valence-electron chi connectivity index (χ0n) is 13.6. The van der Waals surface area contributed by atoms with E-state index >= 15 is 0 Å². The molecule has 1 N–H and O–H groups in total. The number of oxazole rings is 1. The summed E-state index contributed by atoms with van der Waals surface area (Å²) in [6, 6.07) is 6.89. The molecular weight excluding hydrogens is 378 g/mol. The van der Waals surface area contributed by atoms with Crippen molar-refractivity contribution >= 4 is 33.6 Å². The number of carbonyl (C=O) groups is 2. The number of ether oxygens (including phenoxy) is 1. The van der Waals surface area contributed by atoms with Gasteiger partial charge < -0.3 is 19.4 Å².